The number of aryl methyl sites for hydroxylation is 1. The molecule has 0 saturated heterocycles. The molecule has 0 amide bonds. The maximum atomic E-state index is 5.22. The Hall–Kier alpha value is -1.69. The smallest absolute Gasteiger partial charge is 0.240 e. The van der Waals surface area contributed by atoms with Gasteiger partial charge in [-0.3, -0.25) is 0 Å². The summed E-state index contributed by atoms with van der Waals surface area (Å²) in [6.45, 7) is 1.89. The predicted molar refractivity (Wildman–Crippen MR) is 65.8 cm³/mol. The number of rotatable bonds is 7. The maximum absolute atomic E-state index is 5.22. The Morgan fingerprint density at radius 1 is 1.39 bits per heavy atom. The maximum Gasteiger partial charge on any atom is 0.240 e. The summed E-state index contributed by atoms with van der Waals surface area (Å²) in [7, 11) is 0. The lowest BCUT2D eigenvalue weighted by molar-refractivity contribution is 0.478. The van der Waals surface area contributed by atoms with Crippen LogP contribution in [0.4, 0.5) is 0 Å². The van der Waals surface area contributed by atoms with Crippen molar-refractivity contribution in [2.75, 3.05) is 6.54 Å². The van der Waals surface area contributed by atoms with E-state index < -0.39 is 0 Å². The molecule has 1 fully saturated rings. The van der Waals surface area contributed by atoms with Gasteiger partial charge < -0.3 is 9.73 Å². The standard InChI is InChI=1S/C12H17N5O/c1(7-13-10-5-6-10)2-8-17-15-12(14-16-17)11-4-3-9-18-11/h3-4,9-10,13H,1-2,5-8H2. The molecule has 2 aromatic heterocycles. The van der Waals surface area contributed by atoms with Gasteiger partial charge in [-0.25, -0.2) is 0 Å². The lowest BCUT2D eigenvalue weighted by Crippen LogP contribution is -2.18. The molecular weight excluding hydrogens is 230 g/mol. The number of furan rings is 1. The van der Waals surface area contributed by atoms with Crippen molar-refractivity contribution >= 4 is 0 Å². The summed E-state index contributed by atoms with van der Waals surface area (Å²) in [6, 6.07) is 4.44. The highest BCUT2D eigenvalue weighted by Gasteiger charge is 2.19. The summed E-state index contributed by atoms with van der Waals surface area (Å²) in [4.78, 5) is 1.63. The Morgan fingerprint density at radius 3 is 3.11 bits per heavy atom. The van der Waals surface area contributed by atoms with Gasteiger partial charge in [-0.2, -0.15) is 4.80 Å². The van der Waals surface area contributed by atoms with Crippen LogP contribution in [0.2, 0.25) is 0 Å². The molecule has 18 heavy (non-hydrogen) atoms. The molecule has 1 aliphatic carbocycles. The summed E-state index contributed by atoms with van der Waals surface area (Å²) < 4.78 is 5.22. The minimum atomic E-state index is 0.552. The molecule has 6 nitrogen and oxygen atoms in total. The molecule has 1 N–H and O–H groups in total. The molecule has 3 rings (SSSR count). The molecule has 1 aliphatic rings. The number of hydrogen-bond donors (Lipinski definition) is 1. The van der Waals surface area contributed by atoms with Crippen LogP contribution in [0.3, 0.4) is 0 Å². The Kier molecular flexibility index (Phi) is 3.36. The Labute approximate surface area is 105 Å². The van der Waals surface area contributed by atoms with E-state index in [9.17, 15) is 0 Å². The molecule has 0 aromatic carbocycles. The zero-order chi connectivity index (χ0) is 12.2. The van der Waals surface area contributed by atoms with E-state index in [2.05, 4.69) is 20.7 Å². The van der Waals surface area contributed by atoms with Crippen molar-refractivity contribution in [2.45, 2.75) is 38.3 Å². The van der Waals surface area contributed by atoms with Crippen LogP contribution in [0.5, 0.6) is 0 Å². The van der Waals surface area contributed by atoms with Crippen LogP contribution in [0.15, 0.2) is 22.8 Å². The van der Waals surface area contributed by atoms with Gasteiger partial charge in [0.2, 0.25) is 5.82 Å². The average molecular weight is 247 g/mol. The van der Waals surface area contributed by atoms with E-state index in [4.69, 9.17) is 4.42 Å². The summed E-state index contributed by atoms with van der Waals surface area (Å²) in [5.74, 6) is 1.22. The van der Waals surface area contributed by atoms with Gasteiger partial charge in [0.15, 0.2) is 5.76 Å². The van der Waals surface area contributed by atoms with Crippen molar-refractivity contribution < 1.29 is 4.42 Å². The second-order valence-corrected chi connectivity index (χ2v) is 4.62. The number of aromatic nitrogens is 4. The summed E-state index contributed by atoms with van der Waals surface area (Å²) in [6.07, 6.45) is 6.51. The highest BCUT2D eigenvalue weighted by Crippen LogP contribution is 2.18. The zero-order valence-corrected chi connectivity index (χ0v) is 10.2. The van der Waals surface area contributed by atoms with Crippen LogP contribution in [0, 0.1) is 0 Å². The Morgan fingerprint density at radius 2 is 2.33 bits per heavy atom. The van der Waals surface area contributed by atoms with Crippen molar-refractivity contribution in [3.8, 4) is 11.6 Å². The van der Waals surface area contributed by atoms with Gasteiger partial charge in [0.1, 0.15) is 0 Å². The Balaban J connectivity index is 1.42. The van der Waals surface area contributed by atoms with Gasteiger partial charge in [0, 0.05) is 6.04 Å². The third-order valence-electron chi connectivity index (χ3n) is 2.99. The second-order valence-electron chi connectivity index (χ2n) is 4.62. The van der Waals surface area contributed by atoms with E-state index in [1.165, 1.54) is 12.8 Å². The number of unbranched alkanes of at least 4 members (excludes halogenated alkanes) is 1. The SMILES string of the molecule is c1coc(-c2nnn(CCCCNC3CC3)n2)c1. The van der Waals surface area contributed by atoms with E-state index in [0.717, 1.165) is 32.0 Å². The van der Waals surface area contributed by atoms with Gasteiger partial charge in [-0.1, -0.05) is 0 Å². The van der Waals surface area contributed by atoms with Gasteiger partial charge in [-0.15, -0.1) is 10.2 Å². The van der Waals surface area contributed by atoms with Crippen molar-refractivity contribution in [3.63, 3.8) is 0 Å². The molecule has 0 atom stereocenters. The van der Waals surface area contributed by atoms with Crippen molar-refractivity contribution in [2.24, 2.45) is 0 Å². The molecule has 0 spiro atoms. The second kappa shape index (κ2) is 5.30. The zero-order valence-electron chi connectivity index (χ0n) is 10.2. The van der Waals surface area contributed by atoms with Crippen LogP contribution < -0.4 is 5.32 Å². The Bertz CT molecular complexity index is 474. The van der Waals surface area contributed by atoms with Crippen LogP contribution in [-0.2, 0) is 6.54 Å². The normalized spacial score (nSPS) is 15.1. The van der Waals surface area contributed by atoms with Crippen molar-refractivity contribution in [1.82, 2.24) is 25.5 Å². The molecule has 1 saturated carbocycles. The molecular formula is C12H17N5O. The van der Waals surface area contributed by atoms with Gasteiger partial charge in [-0.05, 0) is 49.6 Å². The third-order valence-corrected chi connectivity index (χ3v) is 2.99. The fourth-order valence-corrected chi connectivity index (χ4v) is 1.81. The van der Waals surface area contributed by atoms with Gasteiger partial charge in [0.25, 0.3) is 0 Å². The van der Waals surface area contributed by atoms with E-state index >= 15 is 0 Å². The minimum Gasteiger partial charge on any atom is -0.461 e. The topological polar surface area (TPSA) is 68.8 Å². The molecule has 2 aromatic rings. The monoisotopic (exact) mass is 247 g/mol. The number of nitrogens with one attached hydrogen (secondary N) is 1. The van der Waals surface area contributed by atoms with Crippen molar-refractivity contribution in [3.05, 3.63) is 18.4 Å². The van der Waals surface area contributed by atoms with E-state index in [1.807, 2.05) is 12.1 Å². The minimum absolute atomic E-state index is 0.552. The first-order valence-corrected chi connectivity index (χ1v) is 6.47. The molecule has 2 heterocycles. The third kappa shape index (κ3) is 2.95. The molecule has 0 aliphatic heterocycles. The number of nitrogens with zero attached hydrogens (tertiary/aromatic N) is 4. The van der Waals surface area contributed by atoms with Crippen LogP contribution in [0.1, 0.15) is 25.7 Å². The highest BCUT2D eigenvalue weighted by molar-refractivity contribution is 5.43. The molecule has 0 radical (unpaired) electrons. The van der Waals surface area contributed by atoms with Crippen LogP contribution in [-0.4, -0.2) is 32.8 Å². The number of tetrazole rings is 1. The highest BCUT2D eigenvalue weighted by atomic mass is 16.3. The van der Waals surface area contributed by atoms with Gasteiger partial charge in [0.05, 0.1) is 12.8 Å². The van der Waals surface area contributed by atoms with Gasteiger partial charge >= 0.3 is 0 Å². The first kappa shape index (κ1) is 11.4. The first-order valence-electron chi connectivity index (χ1n) is 6.47. The molecule has 96 valence electrons. The van der Waals surface area contributed by atoms with Crippen LogP contribution in [0.25, 0.3) is 11.6 Å². The lowest BCUT2D eigenvalue weighted by Gasteiger charge is -2.01. The first-order chi connectivity index (χ1) is 8.92. The summed E-state index contributed by atoms with van der Waals surface area (Å²) in [5.41, 5.74) is 0. The van der Waals surface area contributed by atoms with E-state index in [0.29, 0.717) is 11.6 Å². The van der Waals surface area contributed by atoms with Crippen LogP contribution >= 0.6 is 0 Å². The predicted octanol–water partition coefficient (Wildman–Crippen LogP) is 1.47. The summed E-state index contributed by atoms with van der Waals surface area (Å²) in [5, 5.41) is 15.7. The lowest BCUT2D eigenvalue weighted by atomic mass is 10.3. The number of hydrogen-bond acceptors (Lipinski definition) is 5. The average Bonchev–Trinajstić information content (AvgIpc) is 2.89. The largest absolute Gasteiger partial charge is 0.461 e. The van der Waals surface area contributed by atoms with E-state index in [1.54, 1.807) is 11.1 Å². The quantitative estimate of drug-likeness (QED) is 0.750. The van der Waals surface area contributed by atoms with E-state index in [-0.39, 0.29) is 0 Å². The fourth-order valence-electron chi connectivity index (χ4n) is 1.81. The summed E-state index contributed by atoms with van der Waals surface area (Å²) >= 11 is 0. The molecule has 0 bridgehead atoms. The van der Waals surface area contributed by atoms with Crippen molar-refractivity contribution in [1.29, 1.82) is 0 Å². The fraction of sp³-hybridized carbons (Fsp3) is 0.583. The molecule has 0 unspecified atom stereocenters. The molecule has 6 heteroatoms.